The molecule has 0 aliphatic carbocycles. The molecule has 2 heterocycles. The molecule has 0 spiro atoms. The van der Waals surface area contributed by atoms with E-state index in [-0.39, 0.29) is 23.3 Å². The van der Waals surface area contributed by atoms with Gasteiger partial charge in [-0.25, -0.2) is 8.42 Å². The number of carbonyl (C=O) groups is 2. The van der Waals surface area contributed by atoms with E-state index in [1.54, 1.807) is 18.2 Å². The van der Waals surface area contributed by atoms with Gasteiger partial charge in [-0.2, -0.15) is 4.31 Å². The van der Waals surface area contributed by atoms with Gasteiger partial charge in [-0.05, 0) is 74.1 Å². The molecule has 2 aromatic rings. The molecule has 9 heteroatoms. The molecule has 34 heavy (non-hydrogen) atoms. The molecule has 2 aliphatic heterocycles. The predicted molar refractivity (Wildman–Crippen MR) is 134 cm³/mol. The van der Waals surface area contributed by atoms with E-state index in [0.29, 0.717) is 50.0 Å². The highest BCUT2D eigenvalue weighted by Crippen LogP contribution is 2.30. The van der Waals surface area contributed by atoms with Gasteiger partial charge >= 0.3 is 0 Å². The molecule has 2 amide bonds. The minimum Gasteiger partial charge on any atom is -0.377 e. The molecule has 8 nitrogen and oxygen atoms in total. The number of nitrogens with one attached hydrogen (secondary N) is 2. The summed E-state index contributed by atoms with van der Waals surface area (Å²) >= 11 is 0. The van der Waals surface area contributed by atoms with Crippen LogP contribution < -0.4 is 15.5 Å². The van der Waals surface area contributed by atoms with Crippen LogP contribution in [0.5, 0.6) is 0 Å². The van der Waals surface area contributed by atoms with Crippen molar-refractivity contribution in [2.45, 2.75) is 43.9 Å². The van der Waals surface area contributed by atoms with E-state index in [0.717, 1.165) is 16.8 Å². The third kappa shape index (κ3) is 5.10. The summed E-state index contributed by atoms with van der Waals surface area (Å²) in [6, 6.07) is 10.6. The first-order valence-corrected chi connectivity index (χ1v) is 13.1. The van der Waals surface area contributed by atoms with Gasteiger partial charge in [0.2, 0.25) is 21.8 Å². The van der Waals surface area contributed by atoms with Crippen LogP contribution >= 0.6 is 0 Å². The molecule has 0 radical (unpaired) electrons. The van der Waals surface area contributed by atoms with Crippen LogP contribution in [0.2, 0.25) is 0 Å². The number of anilines is 3. The van der Waals surface area contributed by atoms with Gasteiger partial charge < -0.3 is 15.5 Å². The first kappa shape index (κ1) is 24.2. The molecule has 1 unspecified atom stereocenters. The van der Waals surface area contributed by atoms with Crippen molar-refractivity contribution < 1.29 is 18.0 Å². The Morgan fingerprint density at radius 1 is 1.12 bits per heavy atom. The van der Waals surface area contributed by atoms with Gasteiger partial charge in [-0.15, -0.1) is 0 Å². The normalized spacial score (nSPS) is 19.0. The van der Waals surface area contributed by atoms with E-state index < -0.39 is 15.9 Å². The lowest BCUT2D eigenvalue weighted by Gasteiger charge is -2.31. The number of benzene rings is 2. The predicted octanol–water partition coefficient (Wildman–Crippen LogP) is 3.38. The van der Waals surface area contributed by atoms with Gasteiger partial charge in [-0.3, -0.25) is 9.59 Å². The van der Waals surface area contributed by atoms with Crippen LogP contribution in [0.1, 0.15) is 36.8 Å². The highest BCUT2D eigenvalue weighted by Gasteiger charge is 2.34. The molecule has 2 aromatic carbocycles. The molecular weight excluding hydrogens is 452 g/mol. The SMILES string of the molecule is Cc1ccc(NC(=O)C2CCCN(S(=O)(=O)c3ccc4c(c3)CCCC(=O)N4)C2)cc1N(C)C. The van der Waals surface area contributed by atoms with Crippen LogP contribution in [0.3, 0.4) is 0 Å². The number of hydrogen-bond donors (Lipinski definition) is 2. The molecule has 1 saturated heterocycles. The second kappa shape index (κ2) is 9.76. The molecule has 4 rings (SSSR count). The van der Waals surface area contributed by atoms with Crippen molar-refractivity contribution in [1.29, 1.82) is 0 Å². The monoisotopic (exact) mass is 484 g/mol. The van der Waals surface area contributed by atoms with Gasteiger partial charge in [0.1, 0.15) is 0 Å². The average molecular weight is 485 g/mol. The van der Waals surface area contributed by atoms with Crippen LogP contribution in [0.4, 0.5) is 17.1 Å². The Morgan fingerprint density at radius 2 is 1.91 bits per heavy atom. The highest BCUT2D eigenvalue weighted by atomic mass is 32.2. The lowest BCUT2D eigenvalue weighted by atomic mass is 9.98. The van der Waals surface area contributed by atoms with E-state index in [2.05, 4.69) is 10.6 Å². The van der Waals surface area contributed by atoms with Crippen molar-refractivity contribution in [2.24, 2.45) is 5.92 Å². The van der Waals surface area contributed by atoms with Crippen LogP contribution in [0.15, 0.2) is 41.3 Å². The van der Waals surface area contributed by atoms with Crippen LogP contribution in [0.25, 0.3) is 0 Å². The maximum atomic E-state index is 13.4. The summed E-state index contributed by atoms with van der Waals surface area (Å²) in [5, 5.41) is 5.81. The summed E-state index contributed by atoms with van der Waals surface area (Å²) in [7, 11) is 0.155. The number of rotatable bonds is 5. The smallest absolute Gasteiger partial charge is 0.243 e. The van der Waals surface area contributed by atoms with Gasteiger partial charge in [0.15, 0.2) is 0 Å². The Kier molecular flexibility index (Phi) is 6.95. The number of amides is 2. The summed E-state index contributed by atoms with van der Waals surface area (Å²) in [5.74, 6) is -0.642. The first-order chi connectivity index (χ1) is 16.1. The quantitative estimate of drug-likeness (QED) is 0.678. The molecule has 2 aliphatic rings. The Hall–Kier alpha value is -2.91. The molecule has 0 bridgehead atoms. The van der Waals surface area contributed by atoms with E-state index in [9.17, 15) is 18.0 Å². The van der Waals surface area contributed by atoms with Gasteiger partial charge in [0.25, 0.3) is 0 Å². The van der Waals surface area contributed by atoms with E-state index in [1.807, 2.05) is 44.1 Å². The molecule has 1 atom stereocenters. The van der Waals surface area contributed by atoms with E-state index in [1.165, 1.54) is 4.31 Å². The van der Waals surface area contributed by atoms with Crippen molar-refractivity contribution >= 4 is 38.9 Å². The third-order valence-corrected chi connectivity index (χ3v) is 8.41. The molecule has 182 valence electrons. The second-order valence-electron chi connectivity index (χ2n) is 9.31. The summed E-state index contributed by atoms with van der Waals surface area (Å²) in [6.07, 6.45) is 3.02. The molecule has 1 fully saturated rings. The number of piperidine rings is 1. The topological polar surface area (TPSA) is 98.8 Å². The fraction of sp³-hybridized carbons (Fsp3) is 0.440. The molecule has 2 N–H and O–H groups in total. The minimum absolute atomic E-state index is 0.0504. The second-order valence-corrected chi connectivity index (χ2v) is 11.2. The van der Waals surface area contributed by atoms with Gasteiger partial charge in [0.05, 0.1) is 10.8 Å². The fourth-order valence-corrected chi connectivity index (χ4v) is 6.22. The van der Waals surface area contributed by atoms with Crippen molar-refractivity contribution in [3.05, 3.63) is 47.5 Å². The zero-order valence-electron chi connectivity index (χ0n) is 19.9. The van der Waals surface area contributed by atoms with Crippen LogP contribution in [-0.2, 0) is 26.0 Å². The maximum absolute atomic E-state index is 13.4. The van der Waals surface area contributed by atoms with Crippen molar-refractivity contribution in [2.75, 3.05) is 42.7 Å². The van der Waals surface area contributed by atoms with Crippen LogP contribution in [0, 0.1) is 12.8 Å². The number of hydrogen-bond acceptors (Lipinski definition) is 5. The Labute approximate surface area is 201 Å². The van der Waals surface area contributed by atoms with E-state index >= 15 is 0 Å². The summed E-state index contributed by atoms with van der Waals surface area (Å²) in [4.78, 5) is 27.0. The minimum atomic E-state index is -3.75. The number of aryl methyl sites for hydroxylation is 2. The molecule has 0 saturated carbocycles. The van der Waals surface area contributed by atoms with Crippen molar-refractivity contribution in [3.63, 3.8) is 0 Å². The Morgan fingerprint density at radius 3 is 2.68 bits per heavy atom. The van der Waals surface area contributed by atoms with Crippen molar-refractivity contribution in [3.8, 4) is 0 Å². The lowest BCUT2D eigenvalue weighted by Crippen LogP contribution is -2.43. The standard InChI is InChI=1S/C25H32N4O4S/c1-17-9-10-20(15-23(17)28(2)3)26-25(31)19-7-5-13-29(16-19)34(32,33)21-11-12-22-18(14-21)6-4-8-24(30)27-22/h9-12,14-15,19H,4-8,13,16H2,1-3H3,(H,26,31)(H,27,30). The summed E-state index contributed by atoms with van der Waals surface area (Å²) < 4.78 is 28.2. The largest absolute Gasteiger partial charge is 0.377 e. The number of nitrogens with zero attached hydrogens (tertiary/aromatic N) is 2. The zero-order chi connectivity index (χ0) is 24.5. The third-order valence-electron chi connectivity index (χ3n) is 6.55. The number of sulfonamides is 1. The Bertz CT molecular complexity index is 1210. The van der Waals surface area contributed by atoms with Gasteiger partial charge in [-0.1, -0.05) is 6.07 Å². The molecular formula is C25H32N4O4S. The van der Waals surface area contributed by atoms with Gasteiger partial charge in [0, 0.05) is 50.7 Å². The highest BCUT2D eigenvalue weighted by molar-refractivity contribution is 7.89. The Balaban J connectivity index is 1.49. The van der Waals surface area contributed by atoms with Crippen LogP contribution in [-0.4, -0.2) is 51.7 Å². The summed E-state index contributed by atoms with van der Waals surface area (Å²) in [5.41, 5.74) is 4.33. The first-order valence-electron chi connectivity index (χ1n) is 11.7. The van der Waals surface area contributed by atoms with E-state index in [4.69, 9.17) is 0 Å². The maximum Gasteiger partial charge on any atom is 0.243 e. The summed E-state index contributed by atoms with van der Waals surface area (Å²) in [6.45, 7) is 2.55. The molecule has 0 aromatic heterocycles. The zero-order valence-corrected chi connectivity index (χ0v) is 20.7. The number of fused-ring (bicyclic) bond motifs is 1. The number of carbonyl (C=O) groups excluding carboxylic acids is 2. The fourth-order valence-electron chi connectivity index (χ4n) is 4.65. The average Bonchev–Trinajstić information content (AvgIpc) is 3.00. The van der Waals surface area contributed by atoms with Crippen molar-refractivity contribution in [1.82, 2.24) is 4.31 Å². The lowest BCUT2D eigenvalue weighted by molar-refractivity contribution is -0.121.